The van der Waals surface area contributed by atoms with Gasteiger partial charge in [0.1, 0.15) is 6.54 Å². The molecule has 27 heavy (non-hydrogen) atoms. The third-order valence-electron chi connectivity index (χ3n) is 3.54. The van der Waals surface area contributed by atoms with Crippen molar-refractivity contribution in [1.29, 1.82) is 0 Å². The zero-order chi connectivity index (χ0) is 19.1. The van der Waals surface area contributed by atoms with Crippen LogP contribution in [0.1, 0.15) is 10.4 Å². The fraction of sp³-hybridized carbons (Fsp3) is 0.105. The van der Waals surface area contributed by atoms with E-state index in [4.69, 9.17) is 0 Å². The Kier molecular flexibility index (Phi) is 6.56. The highest BCUT2D eigenvalue weighted by atomic mass is 79.9. The molecule has 0 unspecified atom stereocenters. The van der Waals surface area contributed by atoms with Gasteiger partial charge in [-0.3, -0.25) is 14.3 Å². The molecule has 0 spiro atoms. The molecule has 2 N–H and O–H groups in total. The molecule has 0 fully saturated rings. The predicted octanol–water partition coefficient (Wildman–Crippen LogP) is 3.68. The van der Waals surface area contributed by atoms with E-state index in [2.05, 4.69) is 31.7 Å². The number of rotatable bonds is 7. The van der Waals surface area contributed by atoms with Crippen molar-refractivity contribution < 1.29 is 9.59 Å². The van der Waals surface area contributed by atoms with Gasteiger partial charge in [-0.25, -0.2) is 0 Å². The molecule has 0 aliphatic carbocycles. The lowest BCUT2D eigenvalue weighted by Gasteiger charge is -2.08. The predicted molar refractivity (Wildman–Crippen MR) is 110 cm³/mol. The van der Waals surface area contributed by atoms with E-state index in [1.54, 1.807) is 46.6 Å². The Morgan fingerprint density at radius 1 is 1.22 bits per heavy atom. The number of hydrogen-bond donors (Lipinski definition) is 2. The molecule has 0 radical (unpaired) electrons. The number of thiophene rings is 1. The molecule has 3 rings (SSSR count). The highest BCUT2D eigenvalue weighted by Crippen LogP contribution is 2.22. The number of nitrogens with zero attached hydrogens (tertiary/aromatic N) is 2. The number of aromatic nitrogens is 2. The van der Waals surface area contributed by atoms with E-state index in [1.807, 2.05) is 30.3 Å². The first kappa shape index (κ1) is 19.1. The third-order valence-corrected chi connectivity index (χ3v) is 5.12. The zero-order valence-corrected chi connectivity index (χ0v) is 16.7. The summed E-state index contributed by atoms with van der Waals surface area (Å²) in [4.78, 5) is 25.0. The smallest absolute Gasteiger partial charge is 0.246 e. The highest BCUT2D eigenvalue weighted by Gasteiger charge is 2.05. The molecule has 0 bridgehead atoms. The molecule has 0 atom stereocenters. The minimum atomic E-state index is -0.173. The Labute approximate surface area is 169 Å². The molecule has 8 heteroatoms. The van der Waals surface area contributed by atoms with Gasteiger partial charge in [0.15, 0.2) is 0 Å². The Morgan fingerprint density at radius 3 is 2.85 bits per heavy atom. The van der Waals surface area contributed by atoms with Crippen molar-refractivity contribution in [2.75, 3.05) is 5.32 Å². The molecule has 6 nitrogen and oxygen atoms in total. The highest BCUT2D eigenvalue weighted by molar-refractivity contribution is 9.11. The number of benzene rings is 1. The lowest BCUT2D eigenvalue weighted by atomic mass is 10.2. The van der Waals surface area contributed by atoms with Gasteiger partial charge in [-0.15, -0.1) is 11.3 Å². The van der Waals surface area contributed by atoms with Crippen LogP contribution in [0.15, 0.2) is 64.7 Å². The lowest BCUT2D eigenvalue weighted by Crippen LogP contribution is -2.21. The fourth-order valence-electron chi connectivity index (χ4n) is 2.32. The van der Waals surface area contributed by atoms with Crippen molar-refractivity contribution in [3.8, 4) is 0 Å². The van der Waals surface area contributed by atoms with E-state index < -0.39 is 0 Å². The number of hydrogen-bond acceptors (Lipinski definition) is 4. The summed E-state index contributed by atoms with van der Waals surface area (Å²) in [5, 5.41) is 9.67. The number of nitrogens with one attached hydrogen (secondary N) is 2. The Balaban J connectivity index is 1.50. The summed E-state index contributed by atoms with van der Waals surface area (Å²) in [5.74, 6) is -0.336. The average Bonchev–Trinajstić information content (AvgIpc) is 3.30. The molecule has 2 heterocycles. The van der Waals surface area contributed by atoms with Crippen molar-refractivity contribution >= 4 is 50.8 Å². The van der Waals surface area contributed by atoms with Gasteiger partial charge < -0.3 is 10.6 Å². The van der Waals surface area contributed by atoms with E-state index in [9.17, 15) is 9.59 Å². The van der Waals surface area contributed by atoms with E-state index in [1.165, 1.54) is 6.08 Å². The second-order valence-electron chi connectivity index (χ2n) is 5.65. The van der Waals surface area contributed by atoms with Crippen LogP contribution in [0, 0.1) is 0 Å². The van der Waals surface area contributed by atoms with E-state index in [-0.39, 0.29) is 18.4 Å². The van der Waals surface area contributed by atoms with Gasteiger partial charge in [-0.2, -0.15) is 5.10 Å². The van der Waals surface area contributed by atoms with Crippen LogP contribution in [0.2, 0.25) is 0 Å². The van der Waals surface area contributed by atoms with Gasteiger partial charge in [-0.05, 0) is 57.9 Å². The normalized spacial score (nSPS) is 10.9. The van der Waals surface area contributed by atoms with Crippen LogP contribution in [0.25, 0.3) is 6.08 Å². The van der Waals surface area contributed by atoms with Crippen LogP contribution in [0.5, 0.6) is 0 Å². The van der Waals surface area contributed by atoms with Crippen molar-refractivity contribution in [3.63, 3.8) is 0 Å². The minimum absolute atomic E-state index is 0.150. The van der Waals surface area contributed by atoms with Crippen LogP contribution in [0.3, 0.4) is 0 Å². The Bertz CT molecular complexity index is 950. The molecule has 0 saturated carbocycles. The molecule has 138 valence electrons. The number of carbonyl (C=O) groups excluding carboxylic acids is 2. The van der Waals surface area contributed by atoms with Crippen LogP contribution < -0.4 is 10.6 Å². The Morgan fingerprint density at radius 2 is 2.11 bits per heavy atom. The quantitative estimate of drug-likeness (QED) is 0.545. The summed E-state index contributed by atoms with van der Waals surface area (Å²) >= 11 is 4.95. The molecular weight excluding hydrogens is 428 g/mol. The second kappa shape index (κ2) is 9.29. The number of anilines is 1. The standard InChI is InChI=1S/C19H17BrN4O2S/c20-17-7-5-16(27-17)6-8-18(25)21-12-14-3-1-4-15(11-14)23-19(26)13-24-10-2-9-22-24/h1-11H,12-13H2,(H,21,25)(H,23,26)/b8-6+. The third kappa shape index (κ3) is 6.19. The van der Waals surface area contributed by atoms with Gasteiger partial charge in [0, 0.05) is 35.6 Å². The maximum absolute atomic E-state index is 12.0. The summed E-state index contributed by atoms with van der Waals surface area (Å²) in [6.45, 7) is 0.526. The van der Waals surface area contributed by atoms with Crippen molar-refractivity contribution in [2.24, 2.45) is 0 Å². The summed E-state index contributed by atoms with van der Waals surface area (Å²) in [5.41, 5.74) is 1.57. The van der Waals surface area contributed by atoms with Crippen LogP contribution in [0.4, 0.5) is 5.69 Å². The first-order valence-electron chi connectivity index (χ1n) is 8.16. The second-order valence-corrected chi connectivity index (χ2v) is 8.14. The minimum Gasteiger partial charge on any atom is -0.348 e. The molecule has 0 saturated heterocycles. The van der Waals surface area contributed by atoms with Crippen molar-refractivity contribution in [1.82, 2.24) is 15.1 Å². The topological polar surface area (TPSA) is 76.0 Å². The summed E-state index contributed by atoms with van der Waals surface area (Å²) < 4.78 is 2.58. The van der Waals surface area contributed by atoms with Gasteiger partial charge in [0.25, 0.3) is 0 Å². The van der Waals surface area contributed by atoms with Gasteiger partial charge >= 0.3 is 0 Å². The Hall–Kier alpha value is -2.71. The lowest BCUT2D eigenvalue weighted by molar-refractivity contribution is -0.117. The zero-order valence-electron chi connectivity index (χ0n) is 14.3. The van der Waals surface area contributed by atoms with Crippen molar-refractivity contribution in [3.05, 3.63) is 75.2 Å². The molecule has 1 aromatic carbocycles. The number of halogens is 1. The van der Waals surface area contributed by atoms with Gasteiger partial charge in [0.05, 0.1) is 3.79 Å². The number of carbonyl (C=O) groups is 2. The maximum Gasteiger partial charge on any atom is 0.246 e. The van der Waals surface area contributed by atoms with Crippen molar-refractivity contribution in [2.45, 2.75) is 13.1 Å². The largest absolute Gasteiger partial charge is 0.348 e. The number of amides is 2. The molecule has 2 amide bonds. The summed E-state index contributed by atoms with van der Waals surface area (Å²) in [7, 11) is 0. The van der Waals surface area contributed by atoms with Crippen LogP contribution >= 0.6 is 27.3 Å². The van der Waals surface area contributed by atoms with E-state index >= 15 is 0 Å². The first-order valence-corrected chi connectivity index (χ1v) is 9.77. The van der Waals surface area contributed by atoms with Gasteiger partial charge in [0.2, 0.25) is 11.8 Å². The molecule has 3 aromatic rings. The molecule has 0 aliphatic heterocycles. The SMILES string of the molecule is O=C(/C=C/c1ccc(Br)s1)NCc1cccc(NC(=O)Cn2cccn2)c1. The maximum atomic E-state index is 12.0. The fourth-order valence-corrected chi connectivity index (χ4v) is 3.65. The summed E-state index contributed by atoms with van der Waals surface area (Å²) in [6.07, 6.45) is 6.64. The summed E-state index contributed by atoms with van der Waals surface area (Å²) in [6, 6.07) is 13.0. The van der Waals surface area contributed by atoms with E-state index in [0.29, 0.717) is 12.2 Å². The van der Waals surface area contributed by atoms with E-state index in [0.717, 1.165) is 14.2 Å². The van der Waals surface area contributed by atoms with Gasteiger partial charge in [-0.1, -0.05) is 12.1 Å². The van der Waals surface area contributed by atoms with Crippen LogP contribution in [-0.2, 0) is 22.7 Å². The van der Waals surface area contributed by atoms with Crippen LogP contribution in [-0.4, -0.2) is 21.6 Å². The monoisotopic (exact) mass is 444 g/mol. The molecule has 0 aliphatic rings. The molecular formula is C19H17BrN4O2S. The molecule has 2 aromatic heterocycles. The average molecular weight is 445 g/mol. The first-order chi connectivity index (χ1) is 13.1.